The lowest BCUT2D eigenvalue weighted by atomic mass is 10.2. The predicted molar refractivity (Wildman–Crippen MR) is 96.4 cm³/mol. The van der Waals surface area contributed by atoms with Crippen LogP contribution >= 0.6 is 0 Å². The van der Waals surface area contributed by atoms with E-state index in [2.05, 4.69) is 10.1 Å². The van der Waals surface area contributed by atoms with Gasteiger partial charge >= 0.3 is 12.0 Å². The summed E-state index contributed by atoms with van der Waals surface area (Å²) >= 11 is 0. The van der Waals surface area contributed by atoms with Gasteiger partial charge in [0.05, 0.1) is 4.92 Å². The van der Waals surface area contributed by atoms with Crippen LogP contribution < -0.4 is 15.4 Å². The molecule has 0 aromatic heterocycles. The molecule has 2 N–H and O–H groups in total. The highest BCUT2D eigenvalue weighted by Gasteiger charge is 2.12. The zero-order valence-electron chi connectivity index (χ0n) is 14.6. The number of carbonyl (C=O) groups excluding carboxylic acids is 3. The summed E-state index contributed by atoms with van der Waals surface area (Å²) in [4.78, 5) is 44.7. The topological polar surface area (TPSA) is 137 Å². The quantitative estimate of drug-likeness (QED) is 0.398. The molecule has 0 spiro atoms. The van der Waals surface area contributed by atoms with Crippen molar-refractivity contribution < 1.29 is 28.8 Å². The molecule has 0 saturated heterocycles. The van der Waals surface area contributed by atoms with Crippen molar-refractivity contribution in [2.24, 2.45) is 0 Å². The molecule has 2 aromatic carbocycles. The molecule has 0 bridgehead atoms. The van der Waals surface area contributed by atoms with E-state index in [1.165, 1.54) is 24.3 Å². The maximum absolute atomic E-state index is 11.6. The van der Waals surface area contributed by atoms with Crippen molar-refractivity contribution >= 4 is 23.6 Å². The molecule has 0 radical (unpaired) electrons. The number of nitro benzene ring substituents is 1. The summed E-state index contributed by atoms with van der Waals surface area (Å²) < 4.78 is 9.78. The lowest BCUT2D eigenvalue weighted by Crippen LogP contribution is -2.41. The summed E-state index contributed by atoms with van der Waals surface area (Å²) in [5.74, 6) is -1.40. The third-order valence-electron chi connectivity index (χ3n) is 3.32. The zero-order valence-corrected chi connectivity index (χ0v) is 14.6. The van der Waals surface area contributed by atoms with Gasteiger partial charge in [-0.15, -0.1) is 0 Å². The van der Waals surface area contributed by atoms with Crippen LogP contribution in [-0.2, 0) is 20.9 Å². The number of urea groups is 1. The minimum absolute atomic E-state index is 0.114. The Labute approximate surface area is 159 Å². The number of rotatable bonds is 8. The summed E-state index contributed by atoms with van der Waals surface area (Å²) in [6, 6.07) is 13.5. The first-order valence-electron chi connectivity index (χ1n) is 8.08. The Morgan fingerprint density at radius 1 is 0.964 bits per heavy atom. The minimum Gasteiger partial charge on any atom is -0.482 e. The summed E-state index contributed by atoms with van der Waals surface area (Å²) in [5.41, 5.74) is 0.747. The number of benzene rings is 2. The fourth-order valence-corrected chi connectivity index (χ4v) is 1.98. The SMILES string of the molecule is O=C(COC(=O)COc1ccc([N+](=O)[O-])cc1)NC(=O)NCc1ccccc1. The third-order valence-corrected chi connectivity index (χ3v) is 3.32. The number of hydrogen-bond donors (Lipinski definition) is 2. The smallest absolute Gasteiger partial charge is 0.344 e. The Kier molecular flexibility index (Phi) is 7.46. The molecule has 28 heavy (non-hydrogen) atoms. The number of esters is 1. The third kappa shape index (κ3) is 7.12. The van der Waals surface area contributed by atoms with E-state index in [4.69, 9.17) is 4.74 Å². The lowest BCUT2D eigenvalue weighted by molar-refractivity contribution is -0.384. The monoisotopic (exact) mass is 387 g/mol. The standard InChI is InChI=1S/C18H17N3O7/c22-16(20-18(24)19-10-13-4-2-1-3-5-13)11-28-17(23)12-27-15-8-6-14(7-9-15)21(25)26/h1-9H,10-12H2,(H2,19,20,22,24). The van der Waals surface area contributed by atoms with Crippen LogP contribution in [0.1, 0.15) is 5.56 Å². The number of carbonyl (C=O) groups is 3. The van der Waals surface area contributed by atoms with Gasteiger partial charge in [-0.1, -0.05) is 30.3 Å². The Bertz CT molecular complexity index is 838. The van der Waals surface area contributed by atoms with E-state index >= 15 is 0 Å². The molecule has 0 heterocycles. The van der Waals surface area contributed by atoms with E-state index in [0.29, 0.717) is 0 Å². The van der Waals surface area contributed by atoms with Gasteiger partial charge < -0.3 is 14.8 Å². The number of nitrogens with one attached hydrogen (secondary N) is 2. The second kappa shape index (κ2) is 10.3. The Balaban J connectivity index is 1.64. The maximum Gasteiger partial charge on any atom is 0.344 e. The minimum atomic E-state index is -0.835. The first-order valence-corrected chi connectivity index (χ1v) is 8.08. The number of amides is 3. The first kappa shape index (κ1) is 20.4. The van der Waals surface area contributed by atoms with E-state index in [-0.39, 0.29) is 18.0 Å². The van der Waals surface area contributed by atoms with E-state index < -0.39 is 36.0 Å². The van der Waals surface area contributed by atoms with Gasteiger partial charge in [-0.05, 0) is 17.7 Å². The molecule has 3 amide bonds. The summed E-state index contributed by atoms with van der Waals surface area (Å²) in [6.07, 6.45) is 0. The van der Waals surface area contributed by atoms with E-state index in [1.54, 1.807) is 0 Å². The molecule has 0 atom stereocenters. The van der Waals surface area contributed by atoms with Crippen molar-refractivity contribution in [2.75, 3.05) is 13.2 Å². The lowest BCUT2D eigenvalue weighted by Gasteiger charge is -2.08. The van der Waals surface area contributed by atoms with Crippen molar-refractivity contribution in [1.82, 2.24) is 10.6 Å². The molecule has 2 aromatic rings. The van der Waals surface area contributed by atoms with Gasteiger partial charge in [-0.25, -0.2) is 9.59 Å². The highest BCUT2D eigenvalue weighted by molar-refractivity contribution is 5.95. The van der Waals surface area contributed by atoms with Crippen LogP contribution in [0.15, 0.2) is 54.6 Å². The average Bonchev–Trinajstić information content (AvgIpc) is 2.70. The Morgan fingerprint density at radius 3 is 2.29 bits per heavy atom. The van der Waals surface area contributed by atoms with Crippen molar-refractivity contribution in [3.63, 3.8) is 0 Å². The predicted octanol–water partition coefficient (Wildman–Crippen LogP) is 1.54. The van der Waals surface area contributed by atoms with Gasteiger partial charge in [-0.2, -0.15) is 0 Å². The van der Waals surface area contributed by atoms with Gasteiger partial charge in [0.25, 0.3) is 11.6 Å². The van der Waals surface area contributed by atoms with Crippen LogP contribution in [0.2, 0.25) is 0 Å². The summed E-state index contributed by atoms with van der Waals surface area (Å²) in [6.45, 7) is -0.907. The van der Waals surface area contributed by atoms with Crippen molar-refractivity contribution in [3.8, 4) is 5.75 Å². The number of non-ortho nitro benzene ring substituents is 1. The van der Waals surface area contributed by atoms with Gasteiger partial charge in [0.1, 0.15) is 5.75 Å². The highest BCUT2D eigenvalue weighted by atomic mass is 16.6. The molecule has 2 rings (SSSR count). The summed E-state index contributed by atoms with van der Waals surface area (Å²) in [5, 5.41) is 15.1. The molecule has 10 nitrogen and oxygen atoms in total. The van der Waals surface area contributed by atoms with Crippen LogP contribution in [0.5, 0.6) is 5.75 Å². The van der Waals surface area contributed by atoms with E-state index in [9.17, 15) is 24.5 Å². The number of ether oxygens (including phenoxy) is 2. The van der Waals surface area contributed by atoms with Crippen molar-refractivity contribution in [1.29, 1.82) is 0 Å². The van der Waals surface area contributed by atoms with Crippen molar-refractivity contribution in [2.45, 2.75) is 6.54 Å². The molecule has 10 heteroatoms. The number of nitrogens with zero attached hydrogens (tertiary/aromatic N) is 1. The maximum atomic E-state index is 11.6. The van der Waals surface area contributed by atoms with Gasteiger partial charge in [-0.3, -0.25) is 20.2 Å². The second-order valence-corrected chi connectivity index (χ2v) is 5.42. The molecule has 0 aliphatic heterocycles. The molecule has 0 aliphatic rings. The first-order chi connectivity index (χ1) is 13.4. The fraction of sp³-hybridized carbons (Fsp3) is 0.167. The molecular formula is C18H17N3O7. The molecular weight excluding hydrogens is 370 g/mol. The second-order valence-electron chi connectivity index (χ2n) is 5.42. The number of nitro groups is 1. The number of imide groups is 1. The van der Waals surface area contributed by atoms with E-state index in [0.717, 1.165) is 5.56 Å². The zero-order chi connectivity index (χ0) is 20.4. The summed E-state index contributed by atoms with van der Waals surface area (Å²) in [7, 11) is 0. The van der Waals surface area contributed by atoms with Crippen LogP contribution in [0.25, 0.3) is 0 Å². The Morgan fingerprint density at radius 2 is 1.64 bits per heavy atom. The Hall–Kier alpha value is -3.95. The van der Waals surface area contributed by atoms with E-state index in [1.807, 2.05) is 35.6 Å². The van der Waals surface area contributed by atoms with Crippen LogP contribution in [0.3, 0.4) is 0 Å². The van der Waals surface area contributed by atoms with Crippen LogP contribution in [-0.4, -0.2) is 36.0 Å². The average molecular weight is 387 g/mol. The molecule has 0 saturated carbocycles. The van der Waals surface area contributed by atoms with Gasteiger partial charge in [0.15, 0.2) is 13.2 Å². The van der Waals surface area contributed by atoms with Crippen LogP contribution in [0, 0.1) is 10.1 Å². The molecule has 0 unspecified atom stereocenters. The molecule has 0 fully saturated rings. The fourth-order valence-electron chi connectivity index (χ4n) is 1.98. The number of hydrogen-bond acceptors (Lipinski definition) is 7. The van der Waals surface area contributed by atoms with Crippen LogP contribution in [0.4, 0.5) is 10.5 Å². The largest absolute Gasteiger partial charge is 0.482 e. The van der Waals surface area contributed by atoms with Gasteiger partial charge in [0.2, 0.25) is 0 Å². The van der Waals surface area contributed by atoms with Gasteiger partial charge in [0, 0.05) is 18.7 Å². The van der Waals surface area contributed by atoms with Crippen molar-refractivity contribution in [3.05, 3.63) is 70.3 Å². The highest BCUT2D eigenvalue weighted by Crippen LogP contribution is 2.17. The molecule has 146 valence electrons. The molecule has 0 aliphatic carbocycles. The normalized spacial score (nSPS) is 9.86.